The van der Waals surface area contributed by atoms with E-state index in [2.05, 4.69) is 4.98 Å². The highest BCUT2D eigenvalue weighted by molar-refractivity contribution is 7.99. The maximum Gasteiger partial charge on any atom is 0.303 e. The van der Waals surface area contributed by atoms with Gasteiger partial charge in [-0.05, 0) is 67.5 Å². The van der Waals surface area contributed by atoms with Gasteiger partial charge < -0.3 is 14.7 Å². The number of halogens is 5. The normalized spacial score (nSPS) is 18.8. The Morgan fingerprint density at radius 2 is 1.95 bits per heavy atom. The van der Waals surface area contributed by atoms with Gasteiger partial charge in [-0.25, -0.2) is 22.0 Å². The van der Waals surface area contributed by atoms with E-state index in [-0.39, 0.29) is 30.4 Å². The molecule has 0 amide bonds. The first kappa shape index (κ1) is 29.1. The maximum atomic E-state index is 15.5. The lowest BCUT2D eigenvalue weighted by atomic mass is 9.79. The molecule has 1 fully saturated rings. The van der Waals surface area contributed by atoms with E-state index in [1.807, 2.05) is 4.90 Å². The van der Waals surface area contributed by atoms with E-state index in [0.717, 1.165) is 11.8 Å². The van der Waals surface area contributed by atoms with E-state index < -0.39 is 40.3 Å². The number of likely N-dealkylation sites (tertiary alicyclic amines) is 1. The van der Waals surface area contributed by atoms with Gasteiger partial charge in [0.2, 0.25) is 0 Å². The second kappa shape index (κ2) is 13.0. The van der Waals surface area contributed by atoms with E-state index in [1.165, 1.54) is 7.11 Å². The van der Waals surface area contributed by atoms with Crippen LogP contribution in [0.25, 0.3) is 10.9 Å². The molecule has 4 rings (SSSR count). The van der Waals surface area contributed by atoms with Crippen molar-refractivity contribution in [1.29, 1.82) is 0 Å². The molecule has 210 valence electrons. The van der Waals surface area contributed by atoms with Crippen molar-refractivity contribution < 1.29 is 36.6 Å². The van der Waals surface area contributed by atoms with Crippen molar-refractivity contribution in [3.63, 3.8) is 0 Å². The quantitative estimate of drug-likeness (QED) is 0.119. The van der Waals surface area contributed by atoms with Crippen LogP contribution in [0.1, 0.15) is 37.4 Å². The minimum absolute atomic E-state index is 0.00743. The molecule has 0 spiro atoms. The molecule has 1 aromatic heterocycles. The summed E-state index contributed by atoms with van der Waals surface area (Å²) in [5.74, 6) is -6.39. The first-order chi connectivity index (χ1) is 18.7. The van der Waals surface area contributed by atoms with Gasteiger partial charge in [-0.15, -0.1) is 11.8 Å². The van der Waals surface area contributed by atoms with Crippen molar-refractivity contribution in [3.05, 3.63) is 65.4 Å². The Labute approximate surface area is 227 Å². The van der Waals surface area contributed by atoms with Crippen LogP contribution in [-0.4, -0.2) is 53.5 Å². The van der Waals surface area contributed by atoms with Gasteiger partial charge in [-0.3, -0.25) is 9.78 Å². The molecule has 0 radical (unpaired) electrons. The monoisotopic (exact) mass is 568 g/mol. The number of carboxylic acids is 1. The standard InChI is InChI=1S/C28H29F5N2O3S/c1-38-18-3-5-24-20(13-18)19(6-8-34-24)21(29)4-2-16-7-9-35(15-17(16)12-25(36)37)10-11-39-28-23(31)14-22(30)26(32)27(28)33/h3,5-6,8,13-14,16-17,21H,2,4,7,9-12,15H2,1H3,(H,36,37)/t16-,17+,21+/m1/s1. The molecule has 2 aromatic carbocycles. The van der Waals surface area contributed by atoms with Crippen molar-refractivity contribution in [2.45, 2.75) is 36.8 Å². The summed E-state index contributed by atoms with van der Waals surface area (Å²) in [7, 11) is 1.54. The number of hydrogen-bond acceptors (Lipinski definition) is 5. The Bertz CT molecular complexity index is 1330. The molecule has 3 atom stereocenters. The Balaban J connectivity index is 1.36. The van der Waals surface area contributed by atoms with Gasteiger partial charge in [0.1, 0.15) is 17.7 Å². The zero-order valence-corrected chi connectivity index (χ0v) is 22.1. The fraction of sp³-hybridized carbons (Fsp3) is 0.429. The number of methoxy groups -OCH3 is 1. The van der Waals surface area contributed by atoms with Gasteiger partial charge in [0.25, 0.3) is 0 Å². The number of aliphatic carboxylic acids is 1. The van der Waals surface area contributed by atoms with Crippen LogP contribution in [0.3, 0.4) is 0 Å². The van der Waals surface area contributed by atoms with Crippen molar-refractivity contribution in [2.75, 3.05) is 32.5 Å². The Morgan fingerprint density at radius 3 is 2.69 bits per heavy atom. The van der Waals surface area contributed by atoms with Gasteiger partial charge >= 0.3 is 5.97 Å². The van der Waals surface area contributed by atoms with Gasteiger partial charge in [0, 0.05) is 42.9 Å². The molecule has 5 nitrogen and oxygen atoms in total. The maximum absolute atomic E-state index is 15.5. The average molecular weight is 569 g/mol. The van der Waals surface area contributed by atoms with E-state index in [9.17, 15) is 27.5 Å². The number of hydrogen-bond donors (Lipinski definition) is 1. The van der Waals surface area contributed by atoms with Crippen molar-refractivity contribution in [1.82, 2.24) is 9.88 Å². The highest BCUT2D eigenvalue weighted by atomic mass is 32.2. The highest BCUT2D eigenvalue weighted by Crippen LogP contribution is 2.36. The second-order valence-corrected chi connectivity index (χ2v) is 10.8. The summed E-state index contributed by atoms with van der Waals surface area (Å²) in [6.45, 7) is 1.42. The van der Waals surface area contributed by atoms with E-state index in [0.29, 0.717) is 60.8 Å². The molecule has 3 aromatic rings. The molecule has 0 unspecified atom stereocenters. The van der Waals surface area contributed by atoms with Crippen LogP contribution < -0.4 is 4.74 Å². The SMILES string of the molecule is COc1ccc2nccc([C@@H](F)CC[C@@H]3CCN(CCSc4c(F)cc(F)c(F)c4F)C[C@@H]3CC(=O)O)c2c1. The number of alkyl halides is 1. The summed E-state index contributed by atoms with van der Waals surface area (Å²) in [4.78, 5) is 17.3. The topological polar surface area (TPSA) is 62.7 Å². The molecule has 0 aliphatic carbocycles. The Morgan fingerprint density at radius 1 is 1.15 bits per heavy atom. The largest absolute Gasteiger partial charge is 0.497 e. The van der Waals surface area contributed by atoms with E-state index in [1.54, 1.807) is 30.5 Å². The number of rotatable bonds is 11. The van der Waals surface area contributed by atoms with Crippen LogP contribution in [0.5, 0.6) is 5.75 Å². The minimum Gasteiger partial charge on any atom is -0.497 e. The fourth-order valence-electron chi connectivity index (χ4n) is 5.22. The number of thioether (sulfide) groups is 1. The molecule has 11 heteroatoms. The predicted molar refractivity (Wildman–Crippen MR) is 139 cm³/mol. The zero-order valence-electron chi connectivity index (χ0n) is 21.3. The summed E-state index contributed by atoms with van der Waals surface area (Å²) in [6, 6.07) is 7.27. The van der Waals surface area contributed by atoms with Crippen LogP contribution in [0.4, 0.5) is 22.0 Å². The van der Waals surface area contributed by atoms with Crippen LogP contribution in [-0.2, 0) is 4.79 Å². The Hall–Kier alpha value is -2.92. The number of aromatic nitrogens is 1. The fourth-order valence-corrected chi connectivity index (χ4v) is 6.18. The van der Waals surface area contributed by atoms with E-state index >= 15 is 4.39 Å². The number of ether oxygens (including phenoxy) is 1. The molecule has 0 saturated carbocycles. The van der Waals surface area contributed by atoms with Gasteiger partial charge in [0.05, 0.1) is 17.5 Å². The number of pyridine rings is 1. The average Bonchev–Trinajstić information content (AvgIpc) is 2.92. The molecular weight excluding hydrogens is 539 g/mol. The number of piperidine rings is 1. The van der Waals surface area contributed by atoms with Gasteiger partial charge in [0.15, 0.2) is 17.5 Å². The lowest BCUT2D eigenvalue weighted by Gasteiger charge is -2.38. The van der Waals surface area contributed by atoms with Crippen LogP contribution >= 0.6 is 11.8 Å². The Kier molecular flexibility index (Phi) is 9.66. The molecule has 1 saturated heterocycles. The van der Waals surface area contributed by atoms with Crippen molar-refractivity contribution in [2.24, 2.45) is 11.8 Å². The third-order valence-corrected chi connectivity index (χ3v) is 8.30. The van der Waals surface area contributed by atoms with Gasteiger partial charge in [-0.1, -0.05) is 0 Å². The van der Waals surface area contributed by atoms with Crippen LogP contribution in [0.15, 0.2) is 41.4 Å². The highest BCUT2D eigenvalue weighted by Gasteiger charge is 2.31. The number of fused-ring (bicyclic) bond motifs is 1. The predicted octanol–water partition coefficient (Wildman–Crippen LogP) is 6.80. The number of benzene rings is 2. The smallest absolute Gasteiger partial charge is 0.303 e. The number of carbonyl (C=O) groups is 1. The number of nitrogens with zero attached hydrogens (tertiary/aromatic N) is 2. The van der Waals surface area contributed by atoms with Crippen LogP contribution in [0, 0.1) is 35.1 Å². The lowest BCUT2D eigenvalue weighted by molar-refractivity contribution is -0.139. The van der Waals surface area contributed by atoms with Gasteiger partial charge in [-0.2, -0.15) is 0 Å². The summed E-state index contributed by atoms with van der Waals surface area (Å²) in [6.07, 6.45) is 1.60. The summed E-state index contributed by atoms with van der Waals surface area (Å²) < 4.78 is 75.3. The molecule has 1 N–H and O–H groups in total. The molecular formula is C28H29F5N2O3S. The lowest BCUT2D eigenvalue weighted by Crippen LogP contribution is -2.42. The summed E-state index contributed by atoms with van der Waals surface area (Å²) >= 11 is 0.743. The first-order valence-electron chi connectivity index (χ1n) is 12.6. The first-order valence-corrected chi connectivity index (χ1v) is 13.6. The zero-order chi connectivity index (χ0) is 28.1. The van der Waals surface area contributed by atoms with E-state index in [4.69, 9.17) is 4.74 Å². The summed E-state index contributed by atoms with van der Waals surface area (Å²) in [5, 5.41) is 10.1. The van der Waals surface area contributed by atoms with Crippen LogP contribution in [0.2, 0.25) is 0 Å². The molecule has 1 aliphatic heterocycles. The number of carboxylic acid groups (broad SMARTS) is 1. The minimum atomic E-state index is -1.72. The molecule has 1 aliphatic rings. The van der Waals surface area contributed by atoms with Crippen molar-refractivity contribution in [3.8, 4) is 5.75 Å². The summed E-state index contributed by atoms with van der Waals surface area (Å²) in [5.41, 5.74) is 1.17. The molecule has 0 bridgehead atoms. The molecule has 2 heterocycles. The third kappa shape index (κ3) is 7.00. The third-order valence-electron chi connectivity index (χ3n) is 7.25. The molecule has 39 heavy (non-hydrogen) atoms. The van der Waals surface area contributed by atoms with Crippen molar-refractivity contribution >= 4 is 28.6 Å². The second-order valence-electron chi connectivity index (χ2n) is 9.68.